The quantitative estimate of drug-likeness (QED) is 0.797. The third kappa shape index (κ3) is 3.15. The van der Waals surface area contributed by atoms with Crippen LogP contribution in [0.4, 0.5) is 0 Å². The fourth-order valence-electron chi connectivity index (χ4n) is 2.14. The highest BCUT2D eigenvalue weighted by Gasteiger charge is 2.23. The summed E-state index contributed by atoms with van der Waals surface area (Å²) in [5.41, 5.74) is 3.10. The maximum absolute atomic E-state index is 12.0. The first-order valence-corrected chi connectivity index (χ1v) is 7.09. The van der Waals surface area contributed by atoms with E-state index in [2.05, 4.69) is 25.9 Å². The molecule has 2 aromatic rings. The average molecular weight is 287 g/mol. The van der Waals surface area contributed by atoms with Crippen LogP contribution in [0.25, 0.3) is 11.3 Å². The Morgan fingerprint density at radius 3 is 2.38 bits per heavy atom. The molecule has 112 valence electrons. The minimum Gasteiger partial charge on any atom is -0.462 e. The van der Waals surface area contributed by atoms with Gasteiger partial charge < -0.3 is 9.26 Å². The van der Waals surface area contributed by atoms with Crippen LogP contribution in [0.1, 0.15) is 49.4 Å². The van der Waals surface area contributed by atoms with Crippen LogP contribution >= 0.6 is 0 Å². The number of nitrogens with zero attached hydrogens (tertiary/aromatic N) is 1. The number of hydrogen-bond acceptors (Lipinski definition) is 4. The van der Waals surface area contributed by atoms with Gasteiger partial charge in [-0.3, -0.25) is 0 Å². The van der Waals surface area contributed by atoms with Gasteiger partial charge in [0.15, 0.2) is 0 Å². The van der Waals surface area contributed by atoms with E-state index in [-0.39, 0.29) is 5.41 Å². The lowest BCUT2D eigenvalue weighted by Crippen LogP contribution is -2.10. The number of ether oxygens (including phenoxy) is 1. The molecule has 0 aliphatic heterocycles. The minimum atomic E-state index is -0.397. The molecule has 0 N–H and O–H groups in total. The van der Waals surface area contributed by atoms with Crippen LogP contribution in [-0.4, -0.2) is 17.7 Å². The summed E-state index contributed by atoms with van der Waals surface area (Å²) in [5.74, 6) is 0.0782. The Labute approximate surface area is 125 Å². The SMILES string of the molecule is CCOC(=O)c1c(-c2ccc(C(C)(C)C)cc2)noc1C. The van der Waals surface area contributed by atoms with Crippen LogP contribution in [0.15, 0.2) is 28.8 Å². The average Bonchev–Trinajstić information content (AvgIpc) is 2.80. The van der Waals surface area contributed by atoms with E-state index in [1.54, 1.807) is 13.8 Å². The standard InChI is InChI=1S/C17H21NO3/c1-6-20-16(19)14-11(2)21-18-15(14)12-7-9-13(10-8-12)17(3,4)5/h7-10H,6H2,1-5H3. The van der Waals surface area contributed by atoms with E-state index < -0.39 is 5.97 Å². The molecule has 0 radical (unpaired) electrons. The van der Waals surface area contributed by atoms with E-state index in [1.165, 1.54) is 5.56 Å². The van der Waals surface area contributed by atoms with Crippen LogP contribution in [0, 0.1) is 6.92 Å². The molecule has 0 fully saturated rings. The summed E-state index contributed by atoms with van der Waals surface area (Å²) in [5, 5.41) is 4.01. The fourth-order valence-corrected chi connectivity index (χ4v) is 2.14. The lowest BCUT2D eigenvalue weighted by molar-refractivity contribution is 0.0525. The Balaban J connectivity index is 2.41. The second-order valence-corrected chi connectivity index (χ2v) is 6.01. The van der Waals surface area contributed by atoms with E-state index in [4.69, 9.17) is 9.26 Å². The zero-order chi connectivity index (χ0) is 15.6. The smallest absolute Gasteiger partial charge is 0.344 e. The van der Waals surface area contributed by atoms with Crippen molar-refractivity contribution in [1.82, 2.24) is 5.16 Å². The first kappa shape index (κ1) is 15.3. The van der Waals surface area contributed by atoms with Gasteiger partial charge in [-0.1, -0.05) is 50.2 Å². The van der Waals surface area contributed by atoms with Gasteiger partial charge in [-0.15, -0.1) is 0 Å². The van der Waals surface area contributed by atoms with Gasteiger partial charge in [-0.25, -0.2) is 4.79 Å². The molecule has 4 heteroatoms. The summed E-state index contributed by atoms with van der Waals surface area (Å²) in [6, 6.07) is 8.02. The predicted molar refractivity (Wildman–Crippen MR) is 81.3 cm³/mol. The van der Waals surface area contributed by atoms with Crippen LogP contribution in [0.3, 0.4) is 0 Å². The van der Waals surface area contributed by atoms with Crippen molar-refractivity contribution >= 4 is 5.97 Å². The van der Waals surface area contributed by atoms with Gasteiger partial charge in [0, 0.05) is 5.56 Å². The van der Waals surface area contributed by atoms with Crippen molar-refractivity contribution in [2.75, 3.05) is 6.61 Å². The monoisotopic (exact) mass is 287 g/mol. The molecule has 21 heavy (non-hydrogen) atoms. The summed E-state index contributed by atoms with van der Waals surface area (Å²) in [6.45, 7) is 10.3. The Morgan fingerprint density at radius 2 is 1.86 bits per heavy atom. The second-order valence-electron chi connectivity index (χ2n) is 6.01. The summed E-state index contributed by atoms with van der Waals surface area (Å²) < 4.78 is 10.2. The molecule has 2 rings (SSSR count). The molecule has 0 unspecified atom stereocenters. The summed E-state index contributed by atoms with van der Waals surface area (Å²) in [4.78, 5) is 12.0. The number of benzene rings is 1. The third-order valence-corrected chi connectivity index (χ3v) is 3.37. The first-order chi connectivity index (χ1) is 9.84. The highest BCUT2D eigenvalue weighted by atomic mass is 16.5. The van der Waals surface area contributed by atoms with Gasteiger partial charge >= 0.3 is 5.97 Å². The minimum absolute atomic E-state index is 0.0856. The number of hydrogen-bond donors (Lipinski definition) is 0. The summed E-state index contributed by atoms with van der Waals surface area (Å²) in [7, 11) is 0. The molecule has 0 amide bonds. The van der Waals surface area contributed by atoms with E-state index in [0.717, 1.165) is 5.56 Å². The molecule has 0 saturated heterocycles. The Morgan fingerprint density at radius 1 is 1.24 bits per heavy atom. The number of esters is 1. The molecular formula is C17H21NO3. The lowest BCUT2D eigenvalue weighted by Gasteiger charge is -2.18. The molecule has 1 aromatic heterocycles. The maximum Gasteiger partial charge on any atom is 0.344 e. The molecule has 0 aliphatic rings. The van der Waals surface area contributed by atoms with E-state index >= 15 is 0 Å². The van der Waals surface area contributed by atoms with Crippen molar-refractivity contribution in [1.29, 1.82) is 0 Å². The van der Waals surface area contributed by atoms with Crippen molar-refractivity contribution in [2.45, 2.75) is 40.0 Å². The van der Waals surface area contributed by atoms with E-state index in [0.29, 0.717) is 23.6 Å². The lowest BCUT2D eigenvalue weighted by atomic mass is 9.86. The van der Waals surface area contributed by atoms with Crippen LogP contribution in [-0.2, 0) is 10.2 Å². The molecule has 0 atom stereocenters. The number of rotatable bonds is 3. The Hall–Kier alpha value is -2.10. The Bertz CT molecular complexity index is 633. The molecule has 0 spiro atoms. The van der Waals surface area contributed by atoms with Crippen LogP contribution < -0.4 is 0 Å². The molecule has 0 aliphatic carbocycles. The van der Waals surface area contributed by atoms with E-state index in [1.807, 2.05) is 24.3 Å². The Kier molecular flexibility index (Phi) is 4.16. The number of carbonyl (C=O) groups is 1. The number of carbonyl (C=O) groups excluding carboxylic acids is 1. The van der Waals surface area contributed by atoms with Gasteiger partial charge in [0.2, 0.25) is 0 Å². The van der Waals surface area contributed by atoms with Crippen LogP contribution in [0.5, 0.6) is 0 Å². The van der Waals surface area contributed by atoms with Gasteiger partial charge in [0.05, 0.1) is 6.61 Å². The zero-order valence-electron chi connectivity index (χ0n) is 13.2. The topological polar surface area (TPSA) is 52.3 Å². The van der Waals surface area contributed by atoms with Gasteiger partial charge in [0.25, 0.3) is 0 Å². The normalized spacial score (nSPS) is 11.5. The van der Waals surface area contributed by atoms with Crippen molar-refractivity contribution in [3.8, 4) is 11.3 Å². The van der Waals surface area contributed by atoms with Crippen molar-refractivity contribution < 1.29 is 14.1 Å². The van der Waals surface area contributed by atoms with E-state index in [9.17, 15) is 4.79 Å². The first-order valence-electron chi connectivity index (χ1n) is 7.09. The third-order valence-electron chi connectivity index (χ3n) is 3.37. The predicted octanol–water partition coefficient (Wildman–Crippen LogP) is 4.12. The maximum atomic E-state index is 12.0. The molecule has 0 saturated carbocycles. The van der Waals surface area contributed by atoms with Crippen molar-refractivity contribution in [3.05, 3.63) is 41.2 Å². The zero-order valence-corrected chi connectivity index (χ0v) is 13.2. The largest absolute Gasteiger partial charge is 0.462 e. The van der Waals surface area contributed by atoms with Gasteiger partial charge in [-0.05, 0) is 24.8 Å². The van der Waals surface area contributed by atoms with Gasteiger partial charge in [0.1, 0.15) is 17.0 Å². The number of aromatic nitrogens is 1. The molecule has 4 nitrogen and oxygen atoms in total. The molecular weight excluding hydrogens is 266 g/mol. The molecule has 1 aromatic carbocycles. The number of aryl methyl sites for hydroxylation is 1. The van der Waals surface area contributed by atoms with Gasteiger partial charge in [-0.2, -0.15) is 0 Å². The molecule has 1 heterocycles. The summed E-state index contributed by atoms with van der Waals surface area (Å²) >= 11 is 0. The fraction of sp³-hybridized carbons (Fsp3) is 0.412. The van der Waals surface area contributed by atoms with Crippen molar-refractivity contribution in [3.63, 3.8) is 0 Å². The van der Waals surface area contributed by atoms with Crippen LogP contribution in [0.2, 0.25) is 0 Å². The highest BCUT2D eigenvalue weighted by Crippen LogP contribution is 2.29. The second kappa shape index (κ2) is 5.72. The summed E-state index contributed by atoms with van der Waals surface area (Å²) in [6.07, 6.45) is 0. The van der Waals surface area contributed by atoms with Crippen molar-refractivity contribution in [2.24, 2.45) is 0 Å². The highest BCUT2D eigenvalue weighted by molar-refractivity contribution is 5.97. The molecule has 0 bridgehead atoms.